The average Bonchev–Trinajstić information content (AvgIpc) is 3.19. The van der Waals surface area contributed by atoms with Crippen LogP contribution in [0.25, 0.3) is 16.9 Å². The topological polar surface area (TPSA) is 64.9 Å². The molecule has 1 N–H and O–H groups in total. The summed E-state index contributed by atoms with van der Waals surface area (Å²) in [6.07, 6.45) is 4.59. The maximum Gasteiger partial charge on any atom is 0.318 e. The summed E-state index contributed by atoms with van der Waals surface area (Å²) in [6, 6.07) is 8.33. The van der Waals surface area contributed by atoms with E-state index in [2.05, 4.69) is 36.2 Å². The molecule has 1 saturated heterocycles. The SMILES string of the molecule is Brc1cnc(OC2CCNC2)nc1-n1cnc2ccccc21. The summed E-state index contributed by atoms with van der Waals surface area (Å²) < 4.78 is 8.57. The van der Waals surface area contributed by atoms with Gasteiger partial charge in [0.25, 0.3) is 0 Å². The summed E-state index contributed by atoms with van der Waals surface area (Å²) in [5.74, 6) is 0.727. The van der Waals surface area contributed by atoms with Gasteiger partial charge in [0.05, 0.1) is 21.7 Å². The van der Waals surface area contributed by atoms with Crippen molar-refractivity contribution < 1.29 is 4.74 Å². The van der Waals surface area contributed by atoms with Crippen LogP contribution in [0.5, 0.6) is 6.01 Å². The molecule has 0 saturated carbocycles. The molecule has 22 heavy (non-hydrogen) atoms. The van der Waals surface area contributed by atoms with Gasteiger partial charge in [-0.05, 0) is 41.0 Å². The molecule has 1 fully saturated rings. The van der Waals surface area contributed by atoms with E-state index in [-0.39, 0.29) is 6.10 Å². The normalized spacial score (nSPS) is 18.0. The number of hydrogen-bond donors (Lipinski definition) is 1. The lowest BCUT2D eigenvalue weighted by Crippen LogP contribution is -2.21. The molecule has 0 aliphatic carbocycles. The van der Waals surface area contributed by atoms with E-state index in [9.17, 15) is 0 Å². The highest BCUT2D eigenvalue weighted by atomic mass is 79.9. The van der Waals surface area contributed by atoms with E-state index >= 15 is 0 Å². The number of fused-ring (bicyclic) bond motifs is 1. The van der Waals surface area contributed by atoms with E-state index < -0.39 is 0 Å². The Morgan fingerprint density at radius 3 is 3.05 bits per heavy atom. The van der Waals surface area contributed by atoms with Crippen molar-refractivity contribution in [3.05, 3.63) is 41.3 Å². The molecular weight excluding hydrogens is 346 g/mol. The van der Waals surface area contributed by atoms with Gasteiger partial charge in [-0.1, -0.05) is 12.1 Å². The van der Waals surface area contributed by atoms with Gasteiger partial charge < -0.3 is 10.1 Å². The second kappa shape index (κ2) is 5.66. The molecule has 0 radical (unpaired) electrons. The van der Waals surface area contributed by atoms with Crippen LogP contribution in [0.2, 0.25) is 0 Å². The van der Waals surface area contributed by atoms with Gasteiger partial charge in [-0.2, -0.15) is 4.98 Å². The van der Waals surface area contributed by atoms with Crippen molar-refractivity contribution in [3.8, 4) is 11.8 Å². The summed E-state index contributed by atoms with van der Waals surface area (Å²) in [7, 11) is 0. The minimum absolute atomic E-state index is 0.133. The van der Waals surface area contributed by atoms with E-state index in [0.717, 1.165) is 40.8 Å². The van der Waals surface area contributed by atoms with Crippen molar-refractivity contribution >= 4 is 27.0 Å². The van der Waals surface area contributed by atoms with Gasteiger partial charge in [0.2, 0.25) is 0 Å². The summed E-state index contributed by atoms with van der Waals surface area (Å²) >= 11 is 3.51. The number of imidazole rings is 1. The highest BCUT2D eigenvalue weighted by Gasteiger charge is 2.18. The lowest BCUT2D eigenvalue weighted by molar-refractivity contribution is 0.204. The van der Waals surface area contributed by atoms with Crippen molar-refractivity contribution in [2.45, 2.75) is 12.5 Å². The van der Waals surface area contributed by atoms with Crippen LogP contribution >= 0.6 is 15.9 Å². The van der Waals surface area contributed by atoms with Crippen molar-refractivity contribution in [1.29, 1.82) is 0 Å². The molecule has 4 rings (SSSR count). The van der Waals surface area contributed by atoms with Gasteiger partial charge in [0, 0.05) is 6.54 Å². The number of hydrogen-bond acceptors (Lipinski definition) is 5. The average molecular weight is 360 g/mol. The molecule has 112 valence electrons. The van der Waals surface area contributed by atoms with E-state index in [4.69, 9.17) is 4.74 Å². The van der Waals surface area contributed by atoms with E-state index in [1.54, 1.807) is 12.5 Å². The molecule has 1 aromatic carbocycles. The van der Waals surface area contributed by atoms with Gasteiger partial charge >= 0.3 is 6.01 Å². The first kappa shape index (κ1) is 13.7. The number of aromatic nitrogens is 4. The van der Waals surface area contributed by atoms with Gasteiger partial charge in [-0.25, -0.2) is 9.97 Å². The Morgan fingerprint density at radius 1 is 1.27 bits per heavy atom. The first-order chi connectivity index (χ1) is 10.8. The molecule has 6 nitrogen and oxygen atoms in total. The minimum Gasteiger partial charge on any atom is -0.459 e. The first-order valence-corrected chi connectivity index (χ1v) is 7.93. The Kier molecular flexibility index (Phi) is 3.51. The van der Waals surface area contributed by atoms with Crippen LogP contribution in [0, 0.1) is 0 Å². The lowest BCUT2D eigenvalue weighted by atomic mass is 10.3. The Balaban J connectivity index is 1.74. The van der Waals surface area contributed by atoms with Crippen molar-refractivity contribution in [3.63, 3.8) is 0 Å². The summed E-state index contributed by atoms with van der Waals surface area (Å²) in [5.41, 5.74) is 1.92. The molecule has 0 amide bonds. The van der Waals surface area contributed by atoms with Crippen LogP contribution in [-0.4, -0.2) is 38.7 Å². The van der Waals surface area contributed by atoms with Crippen LogP contribution in [0.3, 0.4) is 0 Å². The van der Waals surface area contributed by atoms with Crippen molar-refractivity contribution in [2.24, 2.45) is 0 Å². The minimum atomic E-state index is 0.133. The Bertz CT molecular complexity index is 813. The predicted molar refractivity (Wildman–Crippen MR) is 86.3 cm³/mol. The van der Waals surface area contributed by atoms with Gasteiger partial charge in [-0.15, -0.1) is 0 Å². The number of para-hydroxylation sites is 2. The molecular formula is C15H14BrN5O. The quantitative estimate of drug-likeness (QED) is 0.777. The zero-order valence-electron chi connectivity index (χ0n) is 11.7. The van der Waals surface area contributed by atoms with Gasteiger partial charge in [-0.3, -0.25) is 4.57 Å². The van der Waals surface area contributed by atoms with E-state index in [0.29, 0.717) is 6.01 Å². The molecule has 0 bridgehead atoms. The maximum atomic E-state index is 5.84. The summed E-state index contributed by atoms with van der Waals surface area (Å²) in [6.45, 7) is 1.81. The lowest BCUT2D eigenvalue weighted by Gasteiger charge is -2.12. The van der Waals surface area contributed by atoms with E-state index in [1.807, 2.05) is 28.8 Å². The third-order valence-corrected chi connectivity index (χ3v) is 4.23. The zero-order valence-corrected chi connectivity index (χ0v) is 13.3. The van der Waals surface area contributed by atoms with Crippen LogP contribution in [0.1, 0.15) is 6.42 Å². The molecule has 1 aliphatic heterocycles. The number of nitrogens with one attached hydrogen (secondary N) is 1. The van der Waals surface area contributed by atoms with Crippen molar-refractivity contribution in [1.82, 2.24) is 24.8 Å². The number of benzene rings is 1. The summed E-state index contributed by atoms with van der Waals surface area (Å²) in [5, 5.41) is 3.27. The number of ether oxygens (including phenoxy) is 1. The van der Waals surface area contributed by atoms with Gasteiger partial charge in [0.1, 0.15) is 12.4 Å². The Hall–Kier alpha value is -1.99. The zero-order chi connectivity index (χ0) is 14.9. The fourth-order valence-corrected chi connectivity index (χ4v) is 2.96. The third kappa shape index (κ3) is 2.46. The third-order valence-electron chi connectivity index (χ3n) is 3.67. The van der Waals surface area contributed by atoms with Crippen molar-refractivity contribution in [2.75, 3.05) is 13.1 Å². The highest BCUT2D eigenvalue weighted by Crippen LogP contribution is 2.24. The molecule has 3 heterocycles. The van der Waals surface area contributed by atoms with Crippen LogP contribution in [0.4, 0.5) is 0 Å². The smallest absolute Gasteiger partial charge is 0.318 e. The molecule has 1 atom stereocenters. The molecule has 1 unspecified atom stereocenters. The number of rotatable bonds is 3. The van der Waals surface area contributed by atoms with E-state index in [1.165, 1.54) is 0 Å². The molecule has 7 heteroatoms. The molecule has 1 aliphatic rings. The Labute approximate surface area is 135 Å². The van der Waals surface area contributed by atoms with Crippen LogP contribution in [-0.2, 0) is 0 Å². The first-order valence-electron chi connectivity index (χ1n) is 7.13. The summed E-state index contributed by atoms with van der Waals surface area (Å²) in [4.78, 5) is 13.2. The second-order valence-electron chi connectivity index (χ2n) is 5.16. The highest BCUT2D eigenvalue weighted by molar-refractivity contribution is 9.10. The second-order valence-corrected chi connectivity index (χ2v) is 6.01. The molecule has 0 spiro atoms. The predicted octanol–water partition coefficient (Wildman–Crippen LogP) is 2.32. The number of halogens is 1. The monoisotopic (exact) mass is 359 g/mol. The fourth-order valence-electron chi connectivity index (χ4n) is 2.57. The molecule has 3 aromatic rings. The van der Waals surface area contributed by atoms with Gasteiger partial charge in [0.15, 0.2) is 5.82 Å². The largest absolute Gasteiger partial charge is 0.459 e. The Morgan fingerprint density at radius 2 is 2.18 bits per heavy atom. The standard InChI is InChI=1S/C15H14BrN5O/c16-11-8-18-15(22-10-5-6-17-7-10)20-14(11)21-9-19-12-3-1-2-4-13(12)21/h1-4,8-10,17H,5-7H2. The molecule has 2 aromatic heterocycles. The fraction of sp³-hybridized carbons (Fsp3) is 0.267. The number of nitrogens with zero attached hydrogens (tertiary/aromatic N) is 4. The van der Waals surface area contributed by atoms with Crippen LogP contribution < -0.4 is 10.1 Å². The van der Waals surface area contributed by atoms with Crippen LogP contribution in [0.15, 0.2) is 41.3 Å². The maximum absolute atomic E-state index is 5.84.